The summed E-state index contributed by atoms with van der Waals surface area (Å²) in [5, 5.41) is 8.27. The lowest BCUT2D eigenvalue weighted by molar-refractivity contribution is -0.137. The second-order valence-corrected chi connectivity index (χ2v) is 21.9. The molecular weight excluding hydrogens is 1070 g/mol. The van der Waals surface area contributed by atoms with E-state index >= 15 is 13.2 Å². The maximum Gasteiger partial charge on any atom is 0.416 e. The topological polar surface area (TPSA) is 58.4 Å². The molecule has 0 radical (unpaired) electrons. The van der Waals surface area contributed by atoms with Crippen LogP contribution >= 0.6 is 0 Å². The summed E-state index contributed by atoms with van der Waals surface area (Å²) in [4.78, 5) is 15.5. The van der Waals surface area contributed by atoms with Crippen LogP contribution in [0.3, 0.4) is 0 Å². The predicted molar refractivity (Wildman–Crippen MR) is 344 cm³/mol. The van der Waals surface area contributed by atoms with Gasteiger partial charge in [-0.1, -0.05) is 182 Å². The molecule has 0 unspecified atom stereocenters. The SMILES string of the molecule is FC(F)(F)c1ccc(-n2c3ccccc3c3cc4c5ccccc5n(-c5ccccc5)c4cc32)c(-c2ccc(-c3nc(-c4ccccc4)nc(-c4ccccc4)n3)cc2-n2c3ccccc3c3cc4c5ccccc5n(-c5ccccc5)c4cc32)c1. The number of aromatic nitrogens is 7. The fourth-order valence-corrected chi connectivity index (χ4v) is 13.2. The summed E-state index contributed by atoms with van der Waals surface area (Å²) in [7, 11) is 0. The minimum atomic E-state index is -4.69. The van der Waals surface area contributed by atoms with E-state index in [9.17, 15) is 0 Å². The molecule has 7 nitrogen and oxygen atoms in total. The fraction of sp³-hybridized carbons (Fsp3) is 0.0132. The summed E-state index contributed by atoms with van der Waals surface area (Å²) in [6.45, 7) is 0. The predicted octanol–water partition coefficient (Wildman–Crippen LogP) is 19.9. The molecule has 0 amide bonds. The number of alkyl halides is 3. The highest BCUT2D eigenvalue weighted by molar-refractivity contribution is 6.21. The number of nitrogens with zero attached hydrogens (tertiary/aromatic N) is 7. The average Bonchev–Trinajstić information content (AvgIpc) is 1.82. The Morgan fingerprint density at radius 1 is 0.244 bits per heavy atom. The van der Waals surface area contributed by atoms with Gasteiger partial charge in [-0.2, -0.15) is 13.2 Å². The first-order chi connectivity index (χ1) is 42.3. The quantitative estimate of drug-likeness (QED) is 0.152. The molecule has 5 heterocycles. The van der Waals surface area contributed by atoms with E-state index in [1.54, 1.807) is 6.07 Å². The Hall–Kier alpha value is -11.4. The summed E-state index contributed by atoms with van der Waals surface area (Å²) in [5.74, 6) is 1.38. The molecule has 86 heavy (non-hydrogen) atoms. The van der Waals surface area contributed by atoms with Crippen LogP contribution < -0.4 is 0 Å². The second-order valence-electron chi connectivity index (χ2n) is 21.9. The van der Waals surface area contributed by atoms with E-state index in [-0.39, 0.29) is 0 Å². The molecule has 0 N–H and O–H groups in total. The van der Waals surface area contributed by atoms with Crippen molar-refractivity contribution in [3.63, 3.8) is 0 Å². The number of hydrogen-bond donors (Lipinski definition) is 0. The van der Waals surface area contributed by atoms with Gasteiger partial charge in [0.1, 0.15) is 0 Å². The molecule has 0 bridgehead atoms. The van der Waals surface area contributed by atoms with Crippen molar-refractivity contribution in [2.24, 2.45) is 0 Å². The first kappa shape index (κ1) is 49.3. The third-order valence-corrected chi connectivity index (χ3v) is 17.0. The first-order valence-corrected chi connectivity index (χ1v) is 28.6. The van der Waals surface area contributed by atoms with Gasteiger partial charge in [0.05, 0.1) is 61.1 Å². The highest BCUT2D eigenvalue weighted by Gasteiger charge is 2.33. The van der Waals surface area contributed by atoms with Gasteiger partial charge in [-0.3, -0.25) is 0 Å². The number of fused-ring (bicyclic) bond motifs is 12. The van der Waals surface area contributed by atoms with Crippen LogP contribution in [0.25, 0.3) is 155 Å². The molecule has 12 aromatic carbocycles. The van der Waals surface area contributed by atoms with Crippen LogP contribution in [0.1, 0.15) is 5.56 Å². The van der Waals surface area contributed by atoms with Crippen molar-refractivity contribution in [2.75, 3.05) is 0 Å². The van der Waals surface area contributed by atoms with E-state index < -0.39 is 11.7 Å². The van der Waals surface area contributed by atoms with Crippen LogP contribution in [-0.4, -0.2) is 33.2 Å². The summed E-state index contributed by atoms with van der Waals surface area (Å²) < 4.78 is 56.2. The molecular formula is C76H46F3N7. The van der Waals surface area contributed by atoms with Crippen molar-refractivity contribution in [3.8, 4) is 68.0 Å². The van der Waals surface area contributed by atoms with Crippen molar-refractivity contribution in [3.05, 3.63) is 285 Å². The number of hydrogen-bond acceptors (Lipinski definition) is 3. The van der Waals surface area contributed by atoms with Crippen LogP contribution in [-0.2, 0) is 6.18 Å². The van der Waals surface area contributed by atoms with Crippen molar-refractivity contribution in [1.29, 1.82) is 0 Å². The highest BCUT2D eigenvalue weighted by atomic mass is 19.4. The molecule has 0 spiro atoms. The normalized spacial score (nSPS) is 12.1. The summed E-state index contributed by atoms with van der Waals surface area (Å²) in [5.41, 5.74) is 13.1. The number of halogens is 3. The Kier molecular flexibility index (Phi) is 10.9. The smallest absolute Gasteiger partial charge is 0.309 e. The molecule has 10 heteroatoms. The minimum absolute atomic E-state index is 0.378. The van der Waals surface area contributed by atoms with Crippen LogP contribution in [0.15, 0.2) is 279 Å². The lowest BCUT2D eigenvalue weighted by Gasteiger charge is -2.21. The molecule has 0 saturated carbocycles. The van der Waals surface area contributed by atoms with E-state index in [1.165, 1.54) is 12.1 Å². The van der Waals surface area contributed by atoms with Gasteiger partial charge in [0, 0.05) is 82.3 Å². The zero-order chi connectivity index (χ0) is 57.2. The van der Waals surface area contributed by atoms with E-state index in [2.05, 4.69) is 146 Å². The van der Waals surface area contributed by atoms with Gasteiger partial charge in [0.25, 0.3) is 0 Å². The Labute approximate surface area is 490 Å². The third-order valence-electron chi connectivity index (χ3n) is 17.0. The van der Waals surface area contributed by atoms with Gasteiger partial charge in [0.15, 0.2) is 17.5 Å². The number of para-hydroxylation sites is 6. The van der Waals surface area contributed by atoms with Gasteiger partial charge in [0.2, 0.25) is 0 Å². The van der Waals surface area contributed by atoms with E-state index in [0.29, 0.717) is 45.5 Å². The first-order valence-electron chi connectivity index (χ1n) is 28.6. The van der Waals surface area contributed by atoms with Crippen molar-refractivity contribution in [1.82, 2.24) is 33.2 Å². The Balaban J connectivity index is 1.00. The van der Waals surface area contributed by atoms with Crippen LogP contribution in [0.4, 0.5) is 13.2 Å². The fourth-order valence-electron chi connectivity index (χ4n) is 13.2. The van der Waals surface area contributed by atoms with Gasteiger partial charge in [-0.05, 0) is 97.1 Å². The summed E-state index contributed by atoms with van der Waals surface area (Å²) >= 11 is 0. The number of benzene rings is 12. The highest BCUT2D eigenvalue weighted by Crippen LogP contribution is 2.47. The Bertz CT molecular complexity index is 5510. The Morgan fingerprint density at radius 3 is 1.03 bits per heavy atom. The van der Waals surface area contributed by atoms with Crippen LogP contribution in [0.5, 0.6) is 0 Å². The standard InChI is InChI=1S/C76H46F3N7/c77-76(78,79)50-38-40-67(85-65-35-19-15-31-55(65)61-43-59-53-29-13-17-33-63(53)83(69(59)45-71(61)85)51-25-9-3-10-26-51)58(42-50)57-39-37-49(75-81-73(47-21-5-1-6-22-47)80-74(82-75)48-23-7-2-8-24-48)41-68(57)86-66-36-20-16-32-56(66)62-44-60-54-30-14-18-34-64(54)84(70(60)46-72(62)86)52-27-11-4-12-28-52/h1-46H. The van der Waals surface area contributed by atoms with Gasteiger partial charge < -0.3 is 18.3 Å². The molecule has 17 rings (SSSR count). The third kappa shape index (κ3) is 7.66. The second kappa shape index (κ2) is 19.1. The monoisotopic (exact) mass is 1110 g/mol. The van der Waals surface area contributed by atoms with Gasteiger partial charge in [-0.25, -0.2) is 15.0 Å². The van der Waals surface area contributed by atoms with Crippen molar-refractivity contribution < 1.29 is 13.2 Å². The van der Waals surface area contributed by atoms with Crippen molar-refractivity contribution in [2.45, 2.75) is 6.18 Å². The Morgan fingerprint density at radius 2 is 0.605 bits per heavy atom. The minimum Gasteiger partial charge on any atom is -0.309 e. The van der Waals surface area contributed by atoms with Crippen molar-refractivity contribution >= 4 is 87.2 Å². The molecule has 0 saturated heterocycles. The zero-order valence-electron chi connectivity index (χ0n) is 45.8. The summed E-state index contributed by atoms with van der Waals surface area (Å²) in [6, 6.07) is 92.8. The van der Waals surface area contributed by atoms with Gasteiger partial charge >= 0.3 is 6.18 Å². The lowest BCUT2D eigenvalue weighted by Crippen LogP contribution is -2.08. The zero-order valence-corrected chi connectivity index (χ0v) is 45.8. The van der Waals surface area contributed by atoms with E-state index in [0.717, 1.165) is 110 Å². The van der Waals surface area contributed by atoms with E-state index in [4.69, 9.17) is 15.0 Å². The molecule has 0 atom stereocenters. The molecule has 17 aromatic rings. The van der Waals surface area contributed by atoms with Gasteiger partial charge in [-0.15, -0.1) is 0 Å². The molecule has 0 aliphatic heterocycles. The molecule has 5 aromatic heterocycles. The van der Waals surface area contributed by atoms with Crippen LogP contribution in [0.2, 0.25) is 0 Å². The largest absolute Gasteiger partial charge is 0.416 e. The molecule has 0 aliphatic rings. The average molecular weight is 1110 g/mol. The number of rotatable bonds is 8. The molecule has 0 fully saturated rings. The summed E-state index contributed by atoms with van der Waals surface area (Å²) in [6.07, 6.45) is -4.69. The van der Waals surface area contributed by atoms with Crippen LogP contribution in [0, 0.1) is 0 Å². The molecule has 406 valence electrons. The molecule has 0 aliphatic carbocycles. The maximum absolute atomic E-state index is 15.8. The maximum atomic E-state index is 15.8. The lowest BCUT2D eigenvalue weighted by atomic mass is 9.96. The van der Waals surface area contributed by atoms with E-state index in [1.807, 2.05) is 133 Å².